The third-order valence-corrected chi connectivity index (χ3v) is 4.77. The average Bonchev–Trinajstić information content (AvgIpc) is 2.76. The number of ketones is 1. The standard InChI is InChI=1S/C24H21N3O3/c1-14(2)16-6-8-17(9-7-16)24(30)27-22-19(26)10-11-20(28)21(22)23(29)18-5-3-4-15(12-18)13-25/h3-12,14,28H,26H2,1-2H3,(H,27,30). The van der Waals surface area contributed by atoms with E-state index in [1.807, 2.05) is 18.2 Å². The van der Waals surface area contributed by atoms with Crippen molar-refractivity contribution in [2.45, 2.75) is 19.8 Å². The summed E-state index contributed by atoms with van der Waals surface area (Å²) in [4.78, 5) is 25.8. The highest BCUT2D eigenvalue weighted by Crippen LogP contribution is 2.34. The Morgan fingerprint density at radius 3 is 2.37 bits per heavy atom. The number of nitrogen functional groups attached to an aromatic ring is 1. The van der Waals surface area contributed by atoms with Crippen LogP contribution in [0.1, 0.15) is 57.2 Å². The zero-order valence-corrected chi connectivity index (χ0v) is 16.6. The Hall–Kier alpha value is -4.11. The summed E-state index contributed by atoms with van der Waals surface area (Å²) >= 11 is 0. The van der Waals surface area contributed by atoms with Gasteiger partial charge >= 0.3 is 0 Å². The highest BCUT2D eigenvalue weighted by Gasteiger charge is 2.22. The Bertz CT molecular complexity index is 1160. The molecule has 0 bridgehead atoms. The van der Waals surface area contributed by atoms with Crippen molar-refractivity contribution in [3.05, 3.63) is 88.5 Å². The van der Waals surface area contributed by atoms with Crippen LogP contribution < -0.4 is 11.1 Å². The van der Waals surface area contributed by atoms with Crippen LogP contribution in [0.2, 0.25) is 0 Å². The molecule has 0 fully saturated rings. The van der Waals surface area contributed by atoms with Gasteiger partial charge in [0, 0.05) is 11.1 Å². The van der Waals surface area contributed by atoms with Gasteiger partial charge < -0.3 is 16.2 Å². The molecule has 0 unspecified atom stereocenters. The zero-order chi connectivity index (χ0) is 21.8. The van der Waals surface area contributed by atoms with Crippen molar-refractivity contribution in [2.24, 2.45) is 0 Å². The van der Waals surface area contributed by atoms with E-state index < -0.39 is 11.7 Å². The average molecular weight is 399 g/mol. The summed E-state index contributed by atoms with van der Waals surface area (Å²) in [6.07, 6.45) is 0. The molecule has 0 aliphatic rings. The number of aromatic hydroxyl groups is 1. The SMILES string of the molecule is CC(C)c1ccc(C(=O)Nc2c(N)ccc(O)c2C(=O)c2cccc(C#N)c2)cc1. The van der Waals surface area contributed by atoms with Crippen LogP contribution in [0, 0.1) is 11.3 Å². The van der Waals surface area contributed by atoms with E-state index >= 15 is 0 Å². The Kier molecular flexibility index (Phi) is 5.84. The number of amides is 1. The van der Waals surface area contributed by atoms with E-state index in [1.165, 1.54) is 24.3 Å². The number of nitrogens with two attached hydrogens (primary N) is 1. The fraction of sp³-hybridized carbons (Fsp3) is 0.125. The van der Waals surface area contributed by atoms with Gasteiger partial charge in [0.05, 0.1) is 28.6 Å². The topological polar surface area (TPSA) is 116 Å². The van der Waals surface area contributed by atoms with Crippen LogP contribution in [0.15, 0.2) is 60.7 Å². The zero-order valence-electron chi connectivity index (χ0n) is 16.6. The predicted octanol–water partition coefficient (Wildman–Crippen LogP) is 4.45. The predicted molar refractivity (Wildman–Crippen MR) is 116 cm³/mol. The molecule has 0 saturated carbocycles. The first-order valence-electron chi connectivity index (χ1n) is 9.39. The molecule has 0 radical (unpaired) electrons. The van der Waals surface area contributed by atoms with Crippen LogP contribution in [0.25, 0.3) is 0 Å². The Labute approximate surface area is 174 Å². The first-order valence-corrected chi connectivity index (χ1v) is 9.39. The Morgan fingerprint density at radius 1 is 1.03 bits per heavy atom. The lowest BCUT2D eigenvalue weighted by Gasteiger charge is -2.15. The molecule has 0 aliphatic carbocycles. The number of nitriles is 1. The number of rotatable bonds is 5. The maximum atomic E-state index is 13.1. The number of carbonyl (C=O) groups excluding carboxylic acids is 2. The summed E-state index contributed by atoms with van der Waals surface area (Å²) in [5.41, 5.74) is 8.06. The minimum atomic E-state index is -0.553. The van der Waals surface area contributed by atoms with E-state index in [0.29, 0.717) is 17.0 Å². The molecule has 3 rings (SSSR count). The number of phenolic OH excluding ortho intramolecular Hbond substituents is 1. The van der Waals surface area contributed by atoms with Crippen molar-refractivity contribution >= 4 is 23.1 Å². The second-order valence-corrected chi connectivity index (χ2v) is 7.18. The van der Waals surface area contributed by atoms with Gasteiger partial charge in [-0.05, 0) is 47.9 Å². The van der Waals surface area contributed by atoms with Gasteiger partial charge in [0.15, 0.2) is 5.78 Å². The van der Waals surface area contributed by atoms with Crippen LogP contribution >= 0.6 is 0 Å². The molecule has 4 N–H and O–H groups in total. The molecule has 6 nitrogen and oxygen atoms in total. The second-order valence-electron chi connectivity index (χ2n) is 7.18. The molecular weight excluding hydrogens is 378 g/mol. The van der Waals surface area contributed by atoms with Crippen LogP contribution in [-0.4, -0.2) is 16.8 Å². The van der Waals surface area contributed by atoms with Gasteiger partial charge in [0.1, 0.15) is 5.75 Å². The highest BCUT2D eigenvalue weighted by atomic mass is 16.3. The number of hydrogen-bond donors (Lipinski definition) is 3. The molecule has 0 saturated heterocycles. The maximum absolute atomic E-state index is 13.1. The van der Waals surface area contributed by atoms with E-state index in [-0.39, 0.29) is 28.3 Å². The summed E-state index contributed by atoms with van der Waals surface area (Å²) in [5, 5.41) is 22.1. The van der Waals surface area contributed by atoms with Crippen LogP contribution in [0.5, 0.6) is 5.75 Å². The largest absolute Gasteiger partial charge is 0.507 e. The van der Waals surface area contributed by atoms with Crippen molar-refractivity contribution in [3.8, 4) is 11.8 Å². The van der Waals surface area contributed by atoms with E-state index in [2.05, 4.69) is 19.2 Å². The van der Waals surface area contributed by atoms with E-state index in [4.69, 9.17) is 11.0 Å². The van der Waals surface area contributed by atoms with Gasteiger partial charge in [-0.2, -0.15) is 5.26 Å². The molecule has 3 aromatic carbocycles. The van der Waals surface area contributed by atoms with E-state index in [9.17, 15) is 14.7 Å². The molecule has 0 atom stereocenters. The first-order chi connectivity index (χ1) is 14.3. The van der Waals surface area contributed by atoms with Gasteiger partial charge in [-0.15, -0.1) is 0 Å². The van der Waals surface area contributed by atoms with Crippen LogP contribution in [-0.2, 0) is 0 Å². The fourth-order valence-corrected chi connectivity index (χ4v) is 3.05. The molecule has 0 aliphatic heterocycles. The Morgan fingerprint density at radius 2 is 1.73 bits per heavy atom. The quantitative estimate of drug-likeness (QED) is 0.333. The number of nitrogens with one attached hydrogen (secondary N) is 1. The van der Waals surface area contributed by atoms with Crippen molar-refractivity contribution in [3.63, 3.8) is 0 Å². The van der Waals surface area contributed by atoms with Gasteiger partial charge in [-0.25, -0.2) is 0 Å². The van der Waals surface area contributed by atoms with Crippen molar-refractivity contribution in [1.29, 1.82) is 5.26 Å². The fourth-order valence-electron chi connectivity index (χ4n) is 3.05. The number of phenols is 1. The molecular formula is C24H21N3O3. The third-order valence-electron chi connectivity index (χ3n) is 4.77. The van der Waals surface area contributed by atoms with Crippen molar-refractivity contribution < 1.29 is 14.7 Å². The lowest BCUT2D eigenvalue weighted by molar-refractivity contribution is 0.102. The van der Waals surface area contributed by atoms with Crippen LogP contribution in [0.3, 0.4) is 0 Å². The maximum Gasteiger partial charge on any atom is 0.255 e. The molecule has 1 amide bonds. The highest BCUT2D eigenvalue weighted by molar-refractivity contribution is 6.18. The number of nitrogens with zero attached hydrogens (tertiary/aromatic N) is 1. The molecule has 30 heavy (non-hydrogen) atoms. The number of benzene rings is 3. The van der Waals surface area contributed by atoms with Crippen molar-refractivity contribution in [1.82, 2.24) is 0 Å². The minimum absolute atomic E-state index is 0.0281. The minimum Gasteiger partial charge on any atom is -0.507 e. The van der Waals surface area contributed by atoms with Gasteiger partial charge in [0.2, 0.25) is 0 Å². The molecule has 0 aromatic heterocycles. The lowest BCUT2D eigenvalue weighted by atomic mass is 9.98. The Balaban J connectivity index is 1.99. The second kappa shape index (κ2) is 8.50. The van der Waals surface area contributed by atoms with Crippen molar-refractivity contribution in [2.75, 3.05) is 11.1 Å². The molecule has 150 valence electrons. The number of hydrogen-bond acceptors (Lipinski definition) is 5. The summed E-state index contributed by atoms with van der Waals surface area (Å²) in [5.74, 6) is -0.996. The lowest BCUT2D eigenvalue weighted by Crippen LogP contribution is -2.17. The van der Waals surface area contributed by atoms with Gasteiger partial charge in [-0.3, -0.25) is 9.59 Å². The summed E-state index contributed by atoms with van der Waals surface area (Å²) in [7, 11) is 0. The van der Waals surface area contributed by atoms with E-state index in [1.54, 1.807) is 24.3 Å². The molecule has 3 aromatic rings. The number of anilines is 2. The normalized spacial score (nSPS) is 10.5. The smallest absolute Gasteiger partial charge is 0.255 e. The molecule has 0 heterocycles. The summed E-state index contributed by atoms with van der Waals surface area (Å²) in [6.45, 7) is 4.11. The molecule has 0 spiro atoms. The summed E-state index contributed by atoms with van der Waals surface area (Å²) in [6, 6.07) is 17.9. The third kappa shape index (κ3) is 4.15. The monoisotopic (exact) mass is 399 g/mol. The van der Waals surface area contributed by atoms with Gasteiger partial charge in [-0.1, -0.05) is 38.1 Å². The summed E-state index contributed by atoms with van der Waals surface area (Å²) < 4.78 is 0. The van der Waals surface area contributed by atoms with Crippen LogP contribution in [0.4, 0.5) is 11.4 Å². The number of carbonyl (C=O) groups is 2. The first kappa shape index (κ1) is 20.6. The van der Waals surface area contributed by atoms with E-state index in [0.717, 1.165) is 5.56 Å². The van der Waals surface area contributed by atoms with Gasteiger partial charge in [0.25, 0.3) is 5.91 Å². The molecule has 6 heteroatoms.